The molecule has 106 valence electrons. The molecule has 0 aromatic carbocycles. The lowest BCUT2D eigenvalue weighted by Crippen LogP contribution is -2.14. The van der Waals surface area contributed by atoms with Crippen molar-refractivity contribution in [3.63, 3.8) is 0 Å². The molecule has 0 bridgehead atoms. The normalized spacial score (nSPS) is 18.1. The molecule has 5 heteroatoms. The van der Waals surface area contributed by atoms with E-state index in [1.54, 1.807) is 0 Å². The summed E-state index contributed by atoms with van der Waals surface area (Å²) < 4.78 is 21.0. The number of esters is 1. The maximum Gasteiger partial charge on any atom is 0.306 e. The Labute approximate surface area is 124 Å². The van der Waals surface area contributed by atoms with Crippen LogP contribution in [0.3, 0.4) is 0 Å². The number of fused-ring (bicyclic) bond motifs is 3. The Morgan fingerprint density at radius 2 is 2.35 bits per heavy atom. The Hall–Kier alpha value is -1.36. The number of halogens is 2. The largest absolute Gasteiger partial charge is 0.469 e. The van der Waals surface area contributed by atoms with Crippen molar-refractivity contribution in [3.05, 3.63) is 39.9 Å². The van der Waals surface area contributed by atoms with Crippen molar-refractivity contribution in [2.45, 2.75) is 31.6 Å². The molecule has 2 aromatic heterocycles. The first-order valence-corrected chi connectivity index (χ1v) is 7.45. The summed E-state index contributed by atoms with van der Waals surface area (Å²) in [4.78, 5) is 11.5. The second-order valence-corrected chi connectivity index (χ2v) is 6.03. The SMILES string of the molecule is COC(=O)CC1CCCc2c1cc1c(Br)cc(F)cn21. The molecule has 1 aliphatic carbocycles. The molecular formula is C15H15BrFNO2. The fourth-order valence-electron chi connectivity index (χ4n) is 3.06. The van der Waals surface area contributed by atoms with Crippen molar-refractivity contribution < 1.29 is 13.9 Å². The summed E-state index contributed by atoms with van der Waals surface area (Å²) >= 11 is 3.41. The van der Waals surface area contributed by atoms with E-state index in [0.717, 1.165) is 40.5 Å². The van der Waals surface area contributed by atoms with Crippen LogP contribution >= 0.6 is 15.9 Å². The van der Waals surface area contributed by atoms with Gasteiger partial charge in [0.05, 0.1) is 19.0 Å². The molecule has 1 aliphatic rings. The van der Waals surface area contributed by atoms with E-state index < -0.39 is 0 Å². The number of ether oxygens (including phenoxy) is 1. The minimum atomic E-state index is -0.266. The monoisotopic (exact) mass is 339 g/mol. The van der Waals surface area contributed by atoms with Crippen LogP contribution in [-0.4, -0.2) is 17.5 Å². The molecule has 0 radical (unpaired) electrons. The van der Waals surface area contributed by atoms with Gasteiger partial charge < -0.3 is 9.14 Å². The highest BCUT2D eigenvalue weighted by molar-refractivity contribution is 9.10. The number of rotatable bonds is 2. The zero-order valence-corrected chi connectivity index (χ0v) is 12.7. The molecule has 1 unspecified atom stereocenters. The van der Waals surface area contributed by atoms with E-state index in [-0.39, 0.29) is 17.7 Å². The number of nitrogens with zero attached hydrogens (tertiary/aromatic N) is 1. The first kappa shape index (κ1) is 13.6. The van der Waals surface area contributed by atoms with E-state index in [9.17, 15) is 9.18 Å². The predicted molar refractivity (Wildman–Crippen MR) is 77.4 cm³/mol. The molecular weight excluding hydrogens is 325 g/mol. The molecule has 2 aromatic rings. The highest BCUT2D eigenvalue weighted by atomic mass is 79.9. The lowest BCUT2D eigenvalue weighted by atomic mass is 9.85. The fraction of sp³-hybridized carbons (Fsp3) is 0.400. The topological polar surface area (TPSA) is 30.7 Å². The first-order chi connectivity index (χ1) is 9.60. The zero-order chi connectivity index (χ0) is 14.3. The van der Waals surface area contributed by atoms with Gasteiger partial charge in [0.15, 0.2) is 0 Å². The molecule has 0 amide bonds. The van der Waals surface area contributed by atoms with Gasteiger partial charge in [-0.2, -0.15) is 0 Å². The van der Waals surface area contributed by atoms with Gasteiger partial charge in [-0.3, -0.25) is 4.79 Å². The number of carbonyl (C=O) groups is 1. The molecule has 0 saturated carbocycles. The molecule has 0 spiro atoms. The summed E-state index contributed by atoms with van der Waals surface area (Å²) in [7, 11) is 1.41. The molecule has 3 nitrogen and oxygen atoms in total. The third-order valence-corrected chi connectivity index (χ3v) is 4.62. The van der Waals surface area contributed by atoms with Crippen LogP contribution in [0.5, 0.6) is 0 Å². The average molecular weight is 340 g/mol. The highest BCUT2D eigenvalue weighted by Crippen LogP contribution is 2.38. The Balaban J connectivity index is 2.10. The van der Waals surface area contributed by atoms with Crippen molar-refractivity contribution >= 4 is 27.4 Å². The summed E-state index contributed by atoms with van der Waals surface area (Å²) in [6.07, 6.45) is 4.80. The summed E-state index contributed by atoms with van der Waals surface area (Å²) in [5.41, 5.74) is 3.21. The number of carbonyl (C=O) groups excluding carboxylic acids is 1. The summed E-state index contributed by atoms with van der Waals surface area (Å²) in [5, 5.41) is 0. The number of pyridine rings is 1. The van der Waals surface area contributed by atoms with E-state index in [1.165, 1.54) is 19.4 Å². The van der Waals surface area contributed by atoms with E-state index in [1.807, 2.05) is 4.40 Å². The van der Waals surface area contributed by atoms with Crippen molar-refractivity contribution in [1.29, 1.82) is 0 Å². The third kappa shape index (κ3) is 2.24. The standard InChI is InChI=1S/C15H15BrFNO2/c1-20-15(19)5-9-3-2-4-13-11(9)7-14-12(16)6-10(17)8-18(13)14/h6-9H,2-5H2,1H3. The van der Waals surface area contributed by atoms with E-state index in [2.05, 4.69) is 22.0 Å². The summed E-state index contributed by atoms with van der Waals surface area (Å²) in [5.74, 6) is -0.290. The van der Waals surface area contributed by atoms with Crippen LogP contribution in [0.1, 0.15) is 36.4 Å². The van der Waals surface area contributed by atoms with Gasteiger partial charge in [-0.1, -0.05) is 0 Å². The number of hydrogen-bond acceptors (Lipinski definition) is 2. The Bertz CT molecular complexity index is 680. The van der Waals surface area contributed by atoms with E-state index in [0.29, 0.717) is 6.42 Å². The number of methoxy groups -OCH3 is 1. The van der Waals surface area contributed by atoms with E-state index >= 15 is 0 Å². The molecule has 1 atom stereocenters. The first-order valence-electron chi connectivity index (χ1n) is 6.66. The number of aromatic nitrogens is 1. The Morgan fingerprint density at radius 1 is 1.55 bits per heavy atom. The molecule has 0 aliphatic heterocycles. The fourth-order valence-corrected chi connectivity index (χ4v) is 3.58. The number of aryl methyl sites for hydroxylation is 1. The second-order valence-electron chi connectivity index (χ2n) is 5.18. The van der Waals surface area contributed by atoms with Crippen LogP contribution in [0.4, 0.5) is 4.39 Å². The molecule has 0 saturated heterocycles. The van der Waals surface area contributed by atoms with Crippen LogP contribution in [0, 0.1) is 5.82 Å². The maximum atomic E-state index is 13.6. The average Bonchev–Trinajstić information content (AvgIpc) is 2.79. The second kappa shape index (κ2) is 5.20. The van der Waals surface area contributed by atoms with Gasteiger partial charge in [-0.05, 0) is 58.8 Å². The summed E-state index contributed by atoms with van der Waals surface area (Å²) in [6, 6.07) is 3.53. The lowest BCUT2D eigenvalue weighted by Gasteiger charge is -2.22. The highest BCUT2D eigenvalue weighted by Gasteiger charge is 2.26. The van der Waals surface area contributed by atoms with E-state index in [4.69, 9.17) is 4.74 Å². The molecule has 0 fully saturated rings. The minimum absolute atomic E-state index is 0.168. The van der Waals surface area contributed by atoms with Crippen LogP contribution in [0.15, 0.2) is 22.8 Å². The zero-order valence-electron chi connectivity index (χ0n) is 11.2. The van der Waals surface area contributed by atoms with Crippen molar-refractivity contribution in [1.82, 2.24) is 4.40 Å². The predicted octanol–water partition coefficient (Wildman–Crippen LogP) is 3.82. The molecule has 3 rings (SSSR count). The van der Waals surface area contributed by atoms with Gasteiger partial charge in [0.25, 0.3) is 0 Å². The molecule has 0 N–H and O–H groups in total. The van der Waals surface area contributed by atoms with Crippen molar-refractivity contribution in [2.75, 3.05) is 7.11 Å². The van der Waals surface area contributed by atoms with Crippen LogP contribution in [-0.2, 0) is 16.0 Å². The Kier molecular flexibility index (Phi) is 3.54. The maximum absolute atomic E-state index is 13.6. The van der Waals surface area contributed by atoms with Crippen LogP contribution in [0.25, 0.3) is 5.52 Å². The van der Waals surface area contributed by atoms with Gasteiger partial charge in [0.1, 0.15) is 5.82 Å². The van der Waals surface area contributed by atoms with Crippen LogP contribution < -0.4 is 0 Å². The van der Waals surface area contributed by atoms with Crippen molar-refractivity contribution in [3.8, 4) is 0 Å². The van der Waals surface area contributed by atoms with Gasteiger partial charge in [-0.25, -0.2) is 4.39 Å². The lowest BCUT2D eigenvalue weighted by molar-refractivity contribution is -0.141. The number of hydrogen-bond donors (Lipinski definition) is 0. The molecule has 2 heterocycles. The van der Waals surface area contributed by atoms with Gasteiger partial charge >= 0.3 is 5.97 Å². The molecule has 20 heavy (non-hydrogen) atoms. The van der Waals surface area contributed by atoms with Gasteiger partial charge in [0.2, 0.25) is 0 Å². The van der Waals surface area contributed by atoms with Gasteiger partial charge in [-0.15, -0.1) is 0 Å². The third-order valence-electron chi connectivity index (χ3n) is 3.98. The smallest absolute Gasteiger partial charge is 0.306 e. The quantitative estimate of drug-likeness (QED) is 0.778. The van der Waals surface area contributed by atoms with Crippen molar-refractivity contribution in [2.24, 2.45) is 0 Å². The van der Waals surface area contributed by atoms with Crippen LogP contribution in [0.2, 0.25) is 0 Å². The Morgan fingerprint density at radius 3 is 3.10 bits per heavy atom. The van der Waals surface area contributed by atoms with Gasteiger partial charge in [0, 0.05) is 16.4 Å². The minimum Gasteiger partial charge on any atom is -0.469 e. The summed E-state index contributed by atoms with van der Waals surface area (Å²) in [6.45, 7) is 0.